The van der Waals surface area contributed by atoms with Crippen molar-refractivity contribution in [1.29, 1.82) is 0 Å². The molecule has 0 spiro atoms. The molecule has 1 aliphatic carbocycles. The first-order valence-corrected chi connectivity index (χ1v) is 6.71. The average Bonchev–Trinajstić information content (AvgIpc) is 2.43. The molecule has 1 atom stereocenters. The molecule has 18 heavy (non-hydrogen) atoms. The summed E-state index contributed by atoms with van der Waals surface area (Å²) < 4.78 is 0. The van der Waals surface area contributed by atoms with Crippen LogP contribution in [0.4, 0.5) is 0 Å². The van der Waals surface area contributed by atoms with Gasteiger partial charge >= 0.3 is 0 Å². The molecular weight excluding hydrogens is 220 g/mol. The van der Waals surface area contributed by atoms with Crippen molar-refractivity contribution in [2.45, 2.75) is 39.5 Å². The Kier molecular flexibility index (Phi) is 6.13. The van der Waals surface area contributed by atoms with Gasteiger partial charge in [-0.05, 0) is 30.9 Å². The Hall–Kier alpha value is -1.63. The fourth-order valence-electron chi connectivity index (χ4n) is 2.16. The molecule has 0 saturated carbocycles. The second-order valence-corrected chi connectivity index (χ2v) is 4.14. The molecular formula is C17H22O. The van der Waals surface area contributed by atoms with E-state index in [9.17, 15) is 4.79 Å². The molecule has 0 saturated heterocycles. The first-order chi connectivity index (χ1) is 8.79. The Morgan fingerprint density at radius 3 is 2.28 bits per heavy atom. The number of benzene rings is 1. The lowest BCUT2D eigenvalue weighted by Gasteiger charge is -2.17. The van der Waals surface area contributed by atoms with Gasteiger partial charge in [0.15, 0.2) is 0 Å². The van der Waals surface area contributed by atoms with Crippen molar-refractivity contribution in [2.75, 3.05) is 0 Å². The number of Topliss-reactive ketones (excluding diaryl/α,β-unsaturated/α-hetero) is 1. The minimum atomic E-state index is -0.0854. The van der Waals surface area contributed by atoms with E-state index < -0.39 is 0 Å². The zero-order chi connectivity index (χ0) is 13.4. The van der Waals surface area contributed by atoms with E-state index >= 15 is 0 Å². The van der Waals surface area contributed by atoms with Crippen molar-refractivity contribution in [3.05, 3.63) is 59.7 Å². The van der Waals surface area contributed by atoms with Crippen LogP contribution < -0.4 is 0 Å². The summed E-state index contributed by atoms with van der Waals surface area (Å²) in [4.78, 5) is 11.8. The maximum absolute atomic E-state index is 11.8. The maximum Gasteiger partial charge on any atom is 0.141 e. The van der Waals surface area contributed by atoms with Gasteiger partial charge in [-0.25, -0.2) is 0 Å². The number of rotatable bonds is 3. The van der Waals surface area contributed by atoms with Crippen LogP contribution in [0.1, 0.15) is 45.1 Å². The molecule has 1 aromatic rings. The van der Waals surface area contributed by atoms with Gasteiger partial charge in [0.2, 0.25) is 0 Å². The van der Waals surface area contributed by atoms with Crippen molar-refractivity contribution < 1.29 is 4.79 Å². The number of carbonyl (C=O) groups is 1. The molecule has 2 rings (SSSR count). The van der Waals surface area contributed by atoms with E-state index in [0.29, 0.717) is 0 Å². The first-order valence-electron chi connectivity index (χ1n) is 6.71. The van der Waals surface area contributed by atoms with Crippen LogP contribution in [0.3, 0.4) is 0 Å². The summed E-state index contributed by atoms with van der Waals surface area (Å²) >= 11 is 0. The number of hydrogen-bond acceptors (Lipinski definition) is 1. The van der Waals surface area contributed by atoms with Crippen molar-refractivity contribution in [3.63, 3.8) is 0 Å². The Bertz CT molecular complexity index is 426. The van der Waals surface area contributed by atoms with Gasteiger partial charge in [-0.2, -0.15) is 0 Å². The van der Waals surface area contributed by atoms with E-state index in [1.54, 1.807) is 6.92 Å². The summed E-state index contributed by atoms with van der Waals surface area (Å²) in [5.41, 5.74) is 2.23. The molecule has 0 bridgehead atoms. The van der Waals surface area contributed by atoms with E-state index in [-0.39, 0.29) is 11.7 Å². The summed E-state index contributed by atoms with van der Waals surface area (Å²) in [6.07, 6.45) is 8.54. The minimum Gasteiger partial charge on any atom is -0.299 e. The molecule has 0 amide bonds. The molecule has 1 aliphatic rings. The van der Waals surface area contributed by atoms with Crippen molar-refractivity contribution in [2.24, 2.45) is 0 Å². The van der Waals surface area contributed by atoms with Crippen molar-refractivity contribution in [3.8, 4) is 0 Å². The van der Waals surface area contributed by atoms with Crippen LogP contribution in [-0.2, 0) is 4.79 Å². The number of ketones is 1. The number of allylic oxidation sites excluding steroid dienone is 4. The van der Waals surface area contributed by atoms with Gasteiger partial charge in [0.05, 0.1) is 5.92 Å². The molecule has 1 heteroatoms. The third kappa shape index (κ3) is 3.69. The lowest BCUT2D eigenvalue weighted by atomic mass is 9.85. The average molecular weight is 242 g/mol. The molecule has 1 aromatic carbocycles. The second kappa shape index (κ2) is 7.65. The van der Waals surface area contributed by atoms with Gasteiger partial charge in [0.1, 0.15) is 5.78 Å². The minimum absolute atomic E-state index is 0.0854. The molecule has 96 valence electrons. The topological polar surface area (TPSA) is 17.1 Å². The fourth-order valence-corrected chi connectivity index (χ4v) is 2.16. The molecule has 0 N–H and O–H groups in total. The summed E-state index contributed by atoms with van der Waals surface area (Å²) in [6.45, 7) is 5.67. The highest BCUT2D eigenvalue weighted by atomic mass is 16.1. The first kappa shape index (κ1) is 14.4. The second-order valence-electron chi connectivity index (χ2n) is 4.14. The van der Waals surface area contributed by atoms with Gasteiger partial charge < -0.3 is 0 Å². The Morgan fingerprint density at radius 1 is 1.11 bits per heavy atom. The molecule has 0 aliphatic heterocycles. The predicted molar refractivity (Wildman–Crippen MR) is 77.7 cm³/mol. The smallest absolute Gasteiger partial charge is 0.141 e. The predicted octanol–water partition coefficient (Wildman–Crippen LogP) is 4.66. The Labute approximate surface area is 110 Å². The molecule has 0 heterocycles. The van der Waals surface area contributed by atoms with Gasteiger partial charge in [-0.15, -0.1) is 0 Å². The normalized spacial score (nSPS) is 15.2. The zero-order valence-electron chi connectivity index (χ0n) is 11.5. The lowest BCUT2D eigenvalue weighted by molar-refractivity contribution is -0.117. The summed E-state index contributed by atoms with van der Waals surface area (Å²) in [5.74, 6) is 0.127. The third-order valence-electron chi connectivity index (χ3n) is 2.90. The van der Waals surface area contributed by atoms with Gasteiger partial charge in [-0.3, -0.25) is 4.79 Å². The van der Waals surface area contributed by atoms with E-state index in [1.165, 1.54) is 0 Å². The Balaban J connectivity index is 0.000000771. The number of hydrogen-bond donors (Lipinski definition) is 0. The third-order valence-corrected chi connectivity index (χ3v) is 2.90. The van der Waals surface area contributed by atoms with Crippen LogP contribution in [0.25, 0.3) is 0 Å². The van der Waals surface area contributed by atoms with Crippen LogP contribution >= 0.6 is 0 Å². The van der Waals surface area contributed by atoms with Gasteiger partial charge in [0.25, 0.3) is 0 Å². The van der Waals surface area contributed by atoms with Crippen LogP contribution in [0.5, 0.6) is 0 Å². The van der Waals surface area contributed by atoms with Crippen molar-refractivity contribution >= 4 is 5.78 Å². The van der Waals surface area contributed by atoms with E-state index in [0.717, 1.165) is 24.0 Å². The summed E-state index contributed by atoms with van der Waals surface area (Å²) in [6, 6.07) is 9.99. The quantitative estimate of drug-likeness (QED) is 0.753. The highest BCUT2D eigenvalue weighted by molar-refractivity contribution is 5.87. The highest BCUT2D eigenvalue weighted by Gasteiger charge is 2.20. The lowest BCUT2D eigenvalue weighted by Crippen LogP contribution is -2.11. The van der Waals surface area contributed by atoms with Crippen LogP contribution in [-0.4, -0.2) is 5.78 Å². The monoisotopic (exact) mass is 242 g/mol. The van der Waals surface area contributed by atoms with Crippen molar-refractivity contribution in [1.82, 2.24) is 0 Å². The SMILES string of the molecule is CC.CC(=O)C(C1=CCCC=C1)c1ccccc1. The number of carbonyl (C=O) groups excluding carboxylic acids is 1. The van der Waals surface area contributed by atoms with Crippen LogP contribution in [0.15, 0.2) is 54.1 Å². The Morgan fingerprint density at radius 2 is 1.78 bits per heavy atom. The standard InChI is InChI=1S/C15H16O.C2H6/c1-12(16)15(13-8-4-2-5-9-13)14-10-6-3-7-11-14;1-2/h2,4-6,8-11,15H,3,7H2,1H3;1-2H3. The summed E-state index contributed by atoms with van der Waals surface area (Å²) in [7, 11) is 0. The fraction of sp³-hybridized carbons (Fsp3) is 0.353. The van der Waals surface area contributed by atoms with Gasteiger partial charge in [-0.1, -0.05) is 62.4 Å². The highest BCUT2D eigenvalue weighted by Crippen LogP contribution is 2.28. The van der Waals surface area contributed by atoms with E-state index in [2.05, 4.69) is 18.2 Å². The van der Waals surface area contributed by atoms with Gasteiger partial charge in [0, 0.05) is 0 Å². The van der Waals surface area contributed by atoms with E-state index in [1.807, 2.05) is 44.2 Å². The molecule has 0 radical (unpaired) electrons. The van der Waals surface area contributed by atoms with Crippen LogP contribution in [0, 0.1) is 0 Å². The zero-order valence-corrected chi connectivity index (χ0v) is 11.5. The summed E-state index contributed by atoms with van der Waals surface area (Å²) in [5, 5.41) is 0. The maximum atomic E-state index is 11.8. The molecule has 1 nitrogen and oxygen atoms in total. The molecule has 1 unspecified atom stereocenters. The van der Waals surface area contributed by atoms with Crippen LogP contribution in [0.2, 0.25) is 0 Å². The van der Waals surface area contributed by atoms with E-state index in [4.69, 9.17) is 0 Å². The molecule has 0 fully saturated rings. The molecule has 0 aromatic heterocycles. The largest absolute Gasteiger partial charge is 0.299 e.